The van der Waals surface area contributed by atoms with Crippen LogP contribution in [0.15, 0.2) is 0 Å². The van der Waals surface area contributed by atoms with Gasteiger partial charge in [-0.3, -0.25) is 0 Å². The second-order valence-corrected chi connectivity index (χ2v) is 9.23. The van der Waals surface area contributed by atoms with Gasteiger partial charge in [-0.25, -0.2) is 0 Å². The topological polar surface area (TPSA) is 163 Å². The summed E-state index contributed by atoms with van der Waals surface area (Å²) in [6.45, 7) is 16.4. The second kappa shape index (κ2) is 36.6. The van der Waals surface area contributed by atoms with Gasteiger partial charge < -0.3 is 68.3 Å². The molecular weight excluding hydrogens is 556 g/mol. The first kappa shape index (κ1) is 41.4. The monoisotopic (exact) mass is 616 g/mol. The summed E-state index contributed by atoms with van der Waals surface area (Å²) in [4.78, 5) is 0. The summed E-state index contributed by atoms with van der Waals surface area (Å²) >= 11 is 0. The maximum absolute atomic E-state index is 5.59. The Morgan fingerprint density at radius 2 is 0.381 bits per heavy atom. The van der Waals surface area contributed by atoms with Crippen LogP contribution in [0.2, 0.25) is 0 Å². The van der Waals surface area contributed by atoms with Gasteiger partial charge in [0.15, 0.2) is 0 Å². The van der Waals surface area contributed by atoms with Crippen molar-refractivity contribution in [1.29, 1.82) is 0 Å². The van der Waals surface area contributed by atoms with Crippen LogP contribution in [-0.4, -0.2) is 171 Å². The average Bonchev–Trinajstić information content (AvgIpc) is 2.96. The molecule has 0 aliphatic rings. The first-order valence-electron chi connectivity index (χ1n) is 15.1. The van der Waals surface area contributed by atoms with Crippen LogP contribution in [0.25, 0.3) is 0 Å². The highest BCUT2D eigenvalue weighted by Gasteiger charge is 1.97. The third-order valence-electron chi connectivity index (χ3n) is 4.85. The lowest BCUT2D eigenvalue weighted by atomic mass is 10.4. The lowest BCUT2D eigenvalue weighted by Crippen LogP contribution is -2.23. The molecule has 42 heavy (non-hydrogen) atoms. The highest BCUT2D eigenvalue weighted by Crippen LogP contribution is 1.88. The van der Waals surface area contributed by atoms with Crippen LogP contribution in [-0.2, 0) is 56.8 Å². The molecular formula is C28H60N2O12. The zero-order valence-corrected chi connectivity index (χ0v) is 26.2. The van der Waals surface area contributed by atoms with Gasteiger partial charge in [-0.15, -0.1) is 0 Å². The predicted octanol–water partition coefficient (Wildman–Crippen LogP) is -0.120. The van der Waals surface area contributed by atoms with Gasteiger partial charge >= 0.3 is 0 Å². The third kappa shape index (κ3) is 39.4. The minimum atomic E-state index is 0.0470. The van der Waals surface area contributed by atoms with Gasteiger partial charge in [0.1, 0.15) is 0 Å². The first-order valence-corrected chi connectivity index (χ1v) is 15.1. The zero-order valence-electron chi connectivity index (χ0n) is 26.2. The van der Waals surface area contributed by atoms with E-state index in [9.17, 15) is 0 Å². The standard InChI is InChI=1S/C28H60N2O12/c1-27(29)25-41-23-21-39-19-17-37-15-13-35-11-9-33-7-5-31-3-4-32-6-8-34-10-12-36-14-16-38-18-20-40-22-24-42-26-28(2)30/h27-28H,3-26,29-30H2,1-2H3. The van der Waals surface area contributed by atoms with Crippen molar-refractivity contribution in [2.24, 2.45) is 11.5 Å². The zero-order chi connectivity index (χ0) is 30.6. The van der Waals surface area contributed by atoms with Gasteiger partial charge in [0.05, 0.1) is 159 Å². The molecule has 14 heteroatoms. The van der Waals surface area contributed by atoms with Gasteiger partial charge in [0.25, 0.3) is 0 Å². The minimum absolute atomic E-state index is 0.0470. The minimum Gasteiger partial charge on any atom is -0.377 e. The Kier molecular flexibility index (Phi) is 36.1. The normalized spacial score (nSPS) is 13.1. The summed E-state index contributed by atoms with van der Waals surface area (Å²) in [7, 11) is 0. The van der Waals surface area contributed by atoms with Crippen molar-refractivity contribution in [2.75, 3.05) is 159 Å². The predicted molar refractivity (Wildman–Crippen MR) is 157 cm³/mol. The molecule has 0 bridgehead atoms. The number of hydrogen-bond acceptors (Lipinski definition) is 14. The molecule has 0 heterocycles. The molecule has 0 aliphatic heterocycles. The van der Waals surface area contributed by atoms with Gasteiger partial charge in [0, 0.05) is 12.1 Å². The lowest BCUT2D eigenvalue weighted by molar-refractivity contribution is -0.0284. The number of ether oxygens (including phenoxy) is 12. The average molecular weight is 617 g/mol. The third-order valence-corrected chi connectivity index (χ3v) is 4.85. The maximum atomic E-state index is 5.59. The highest BCUT2D eigenvalue weighted by molar-refractivity contribution is 4.49. The molecule has 0 fully saturated rings. The van der Waals surface area contributed by atoms with E-state index in [4.69, 9.17) is 68.3 Å². The van der Waals surface area contributed by atoms with E-state index in [1.807, 2.05) is 13.8 Å². The Balaban J connectivity index is 3.04. The quantitative estimate of drug-likeness (QED) is 0.0888. The highest BCUT2D eigenvalue weighted by atomic mass is 16.6. The van der Waals surface area contributed by atoms with E-state index < -0.39 is 0 Å². The van der Waals surface area contributed by atoms with E-state index in [1.54, 1.807) is 0 Å². The summed E-state index contributed by atoms with van der Waals surface area (Å²) in [5.41, 5.74) is 11.2. The SMILES string of the molecule is CC(N)COCCOCCOCCOCCOCCOCCOCCOCCOCCOCCOCCOCC(C)N. The number of hydrogen-bond donors (Lipinski definition) is 2. The van der Waals surface area contributed by atoms with E-state index in [0.29, 0.717) is 159 Å². The van der Waals surface area contributed by atoms with E-state index in [2.05, 4.69) is 0 Å². The van der Waals surface area contributed by atoms with Crippen molar-refractivity contribution in [3.63, 3.8) is 0 Å². The van der Waals surface area contributed by atoms with Crippen LogP contribution < -0.4 is 11.5 Å². The molecule has 0 rings (SSSR count). The van der Waals surface area contributed by atoms with Gasteiger partial charge in [-0.2, -0.15) is 0 Å². The molecule has 0 saturated heterocycles. The van der Waals surface area contributed by atoms with Crippen molar-refractivity contribution in [2.45, 2.75) is 25.9 Å². The summed E-state index contributed by atoms with van der Waals surface area (Å²) < 4.78 is 65.0. The Morgan fingerprint density at radius 1 is 0.262 bits per heavy atom. The summed E-state index contributed by atoms with van der Waals surface area (Å²) in [5.74, 6) is 0. The van der Waals surface area contributed by atoms with Crippen molar-refractivity contribution in [3.8, 4) is 0 Å². The maximum Gasteiger partial charge on any atom is 0.0701 e. The second-order valence-electron chi connectivity index (χ2n) is 9.23. The molecule has 14 nitrogen and oxygen atoms in total. The van der Waals surface area contributed by atoms with E-state index >= 15 is 0 Å². The van der Waals surface area contributed by atoms with E-state index in [1.165, 1.54) is 0 Å². The fourth-order valence-corrected chi connectivity index (χ4v) is 2.86. The number of rotatable bonds is 37. The van der Waals surface area contributed by atoms with Crippen molar-refractivity contribution < 1.29 is 56.8 Å². The van der Waals surface area contributed by atoms with E-state index in [-0.39, 0.29) is 12.1 Å². The Morgan fingerprint density at radius 3 is 0.500 bits per heavy atom. The Bertz CT molecular complexity index is 454. The van der Waals surface area contributed by atoms with Crippen LogP contribution >= 0.6 is 0 Å². The van der Waals surface area contributed by atoms with Gasteiger partial charge in [0.2, 0.25) is 0 Å². The van der Waals surface area contributed by atoms with Gasteiger partial charge in [-0.1, -0.05) is 0 Å². The Labute approximate surface area is 253 Å². The van der Waals surface area contributed by atoms with Crippen LogP contribution in [0, 0.1) is 0 Å². The summed E-state index contributed by atoms with van der Waals surface area (Å²) in [6.07, 6.45) is 0. The molecule has 0 radical (unpaired) electrons. The van der Waals surface area contributed by atoms with E-state index in [0.717, 1.165) is 0 Å². The van der Waals surface area contributed by atoms with Crippen LogP contribution in [0.5, 0.6) is 0 Å². The lowest BCUT2D eigenvalue weighted by Gasteiger charge is -2.09. The van der Waals surface area contributed by atoms with Crippen molar-refractivity contribution in [3.05, 3.63) is 0 Å². The number of nitrogens with two attached hydrogens (primary N) is 2. The molecule has 0 spiro atoms. The summed E-state index contributed by atoms with van der Waals surface area (Å²) in [6, 6.07) is 0.0940. The first-order chi connectivity index (χ1) is 20.6. The smallest absolute Gasteiger partial charge is 0.0701 e. The van der Waals surface area contributed by atoms with Crippen molar-refractivity contribution in [1.82, 2.24) is 0 Å². The molecule has 2 atom stereocenters. The molecule has 0 aliphatic carbocycles. The molecule has 254 valence electrons. The molecule has 4 N–H and O–H groups in total. The van der Waals surface area contributed by atoms with Crippen LogP contribution in [0.4, 0.5) is 0 Å². The molecule has 0 saturated carbocycles. The van der Waals surface area contributed by atoms with Gasteiger partial charge in [-0.05, 0) is 13.8 Å². The fraction of sp³-hybridized carbons (Fsp3) is 1.00. The largest absolute Gasteiger partial charge is 0.377 e. The summed E-state index contributed by atoms with van der Waals surface area (Å²) in [5, 5.41) is 0. The molecule has 0 aromatic carbocycles. The molecule has 0 aromatic heterocycles. The molecule has 0 amide bonds. The Hall–Kier alpha value is -0.560. The van der Waals surface area contributed by atoms with Crippen LogP contribution in [0.3, 0.4) is 0 Å². The van der Waals surface area contributed by atoms with Crippen LogP contribution in [0.1, 0.15) is 13.8 Å². The van der Waals surface area contributed by atoms with Crippen molar-refractivity contribution >= 4 is 0 Å². The molecule has 0 aromatic rings. The fourth-order valence-electron chi connectivity index (χ4n) is 2.86. The molecule has 2 unspecified atom stereocenters.